The Bertz CT molecular complexity index is 1330. The molecule has 2 aliphatic heterocycles. The van der Waals surface area contributed by atoms with Gasteiger partial charge in [0.25, 0.3) is 0 Å². The molecule has 3 fully saturated rings. The normalized spacial score (nSPS) is 25.6. The van der Waals surface area contributed by atoms with Gasteiger partial charge in [-0.1, -0.05) is 29.3 Å². The van der Waals surface area contributed by atoms with Crippen LogP contribution in [0.1, 0.15) is 49.9 Å². The number of carbonyl (C=O) groups is 1. The molecule has 2 aromatic heterocycles. The summed E-state index contributed by atoms with van der Waals surface area (Å²) < 4.78 is 1.91. The Balaban J connectivity index is 1.14. The molecule has 8 nitrogen and oxygen atoms in total. The van der Waals surface area contributed by atoms with Crippen LogP contribution in [-0.4, -0.2) is 67.9 Å². The summed E-state index contributed by atoms with van der Waals surface area (Å²) in [6, 6.07) is 5.88. The average Bonchev–Trinajstić information content (AvgIpc) is 3.13. The number of likely N-dealkylation sites (tertiary alicyclic amines) is 1. The molecule has 6 rings (SSSR count). The van der Waals surface area contributed by atoms with E-state index in [2.05, 4.69) is 16.7 Å². The van der Waals surface area contributed by atoms with Gasteiger partial charge in [-0.05, 0) is 75.6 Å². The Morgan fingerprint density at radius 1 is 1.16 bits per heavy atom. The largest absolute Gasteiger partial charge is 0.481 e. The number of carboxylic acid groups (broad SMARTS) is 1. The van der Waals surface area contributed by atoms with Crippen LogP contribution in [0, 0.1) is 24.7 Å². The molecule has 3 aromatic rings. The monoisotopic (exact) mass is 542 g/mol. The quantitative estimate of drug-likeness (QED) is 0.465. The first-order valence-electron chi connectivity index (χ1n) is 13.2. The number of aromatic nitrogens is 4. The van der Waals surface area contributed by atoms with Crippen molar-refractivity contribution in [3.8, 4) is 0 Å². The molecule has 2 atom stereocenters. The number of benzene rings is 1. The van der Waals surface area contributed by atoms with Crippen LogP contribution in [0.3, 0.4) is 0 Å². The number of nitrogens with zero attached hydrogens (tertiary/aromatic N) is 6. The molecule has 3 aliphatic rings. The summed E-state index contributed by atoms with van der Waals surface area (Å²) in [5.74, 6) is 1.39. The number of fused-ring (bicyclic) bond motifs is 1. The van der Waals surface area contributed by atoms with Crippen LogP contribution >= 0.6 is 23.2 Å². The summed E-state index contributed by atoms with van der Waals surface area (Å²) in [6.07, 6.45) is 5.93. The fourth-order valence-corrected chi connectivity index (χ4v) is 6.84. The highest BCUT2D eigenvalue weighted by Gasteiger charge is 2.42. The number of carboxylic acids is 1. The van der Waals surface area contributed by atoms with Gasteiger partial charge in [0, 0.05) is 35.7 Å². The fourth-order valence-electron chi connectivity index (χ4n) is 6.28. The van der Waals surface area contributed by atoms with Crippen LogP contribution in [0.4, 0.5) is 5.82 Å². The highest BCUT2D eigenvalue weighted by Crippen LogP contribution is 2.38. The molecule has 1 unspecified atom stereocenters. The van der Waals surface area contributed by atoms with Crippen molar-refractivity contribution in [2.45, 2.75) is 51.6 Å². The van der Waals surface area contributed by atoms with Crippen LogP contribution in [0.5, 0.6) is 0 Å². The molecular formula is C27H32Cl2N6O2. The Morgan fingerprint density at radius 2 is 1.95 bits per heavy atom. The highest BCUT2D eigenvalue weighted by molar-refractivity contribution is 6.35. The van der Waals surface area contributed by atoms with Crippen molar-refractivity contribution in [2.75, 3.05) is 31.1 Å². The standard InChI is InChI=1S/C27H32Cl2N6O2/c1-15-25-26(35(32-15)16(2)22-6-5-20(28)10-23(22)29)31-24(11-30-25)34-13-19(14-34)17-4-3-7-33(12-17)21-8-18(9-21)27(36)37/h5-6,10-11,16-19,21H,3-4,7-9,12-14H2,1-2H3,(H,36,37)/t16?,17-,18?,21?/m1/s1. The van der Waals surface area contributed by atoms with Crippen molar-refractivity contribution in [3.05, 3.63) is 45.7 Å². The van der Waals surface area contributed by atoms with E-state index in [1.54, 1.807) is 6.07 Å². The summed E-state index contributed by atoms with van der Waals surface area (Å²) in [4.78, 5) is 25.8. The number of halogens is 2. The van der Waals surface area contributed by atoms with Gasteiger partial charge in [-0.3, -0.25) is 4.79 Å². The van der Waals surface area contributed by atoms with E-state index in [1.165, 1.54) is 12.8 Å². The fraction of sp³-hybridized carbons (Fsp3) is 0.556. The molecule has 1 N–H and O–H groups in total. The summed E-state index contributed by atoms with van der Waals surface area (Å²) in [6.45, 7) is 8.17. The van der Waals surface area contributed by atoms with Crippen LogP contribution in [0.2, 0.25) is 10.0 Å². The topological polar surface area (TPSA) is 87.4 Å². The smallest absolute Gasteiger partial charge is 0.306 e. The number of rotatable bonds is 6. The van der Waals surface area contributed by atoms with E-state index in [0.29, 0.717) is 27.9 Å². The number of hydrogen-bond donors (Lipinski definition) is 1. The van der Waals surface area contributed by atoms with Gasteiger partial charge in [0.05, 0.1) is 23.9 Å². The van der Waals surface area contributed by atoms with Gasteiger partial charge in [-0.2, -0.15) is 5.10 Å². The number of anilines is 1. The molecule has 4 heterocycles. The molecule has 2 saturated heterocycles. The van der Waals surface area contributed by atoms with Gasteiger partial charge >= 0.3 is 5.97 Å². The third-order valence-corrected chi connectivity index (χ3v) is 9.27. The Hall–Kier alpha value is -2.42. The minimum absolute atomic E-state index is 0.116. The lowest BCUT2D eigenvalue weighted by Crippen LogP contribution is -2.56. The maximum Gasteiger partial charge on any atom is 0.306 e. The van der Waals surface area contributed by atoms with Gasteiger partial charge < -0.3 is 14.9 Å². The van der Waals surface area contributed by atoms with Crippen molar-refractivity contribution in [1.29, 1.82) is 0 Å². The van der Waals surface area contributed by atoms with Crippen molar-refractivity contribution in [1.82, 2.24) is 24.6 Å². The molecule has 10 heteroatoms. The zero-order valence-corrected chi connectivity index (χ0v) is 22.7. The van der Waals surface area contributed by atoms with E-state index >= 15 is 0 Å². The SMILES string of the molecule is Cc1nn(C(C)c2ccc(Cl)cc2Cl)c2nc(N3CC([C@@H]4CCCN(C5CC(C(=O)O)C5)C4)C3)cnc12. The molecule has 0 bridgehead atoms. The number of hydrogen-bond acceptors (Lipinski definition) is 6. The lowest BCUT2D eigenvalue weighted by molar-refractivity contribution is -0.147. The maximum atomic E-state index is 11.2. The van der Waals surface area contributed by atoms with Crippen molar-refractivity contribution in [2.24, 2.45) is 17.8 Å². The lowest BCUT2D eigenvalue weighted by Gasteiger charge is -2.50. The second kappa shape index (κ2) is 9.71. The van der Waals surface area contributed by atoms with Crippen molar-refractivity contribution < 1.29 is 9.90 Å². The number of piperidine rings is 1. The molecule has 196 valence electrons. The molecular weight excluding hydrogens is 511 g/mol. The van der Waals surface area contributed by atoms with Gasteiger partial charge in [-0.25, -0.2) is 14.6 Å². The minimum Gasteiger partial charge on any atom is -0.481 e. The first-order chi connectivity index (χ1) is 17.8. The first-order valence-corrected chi connectivity index (χ1v) is 13.9. The van der Waals surface area contributed by atoms with Gasteiger partial charge in [0.15, 0.2) is 5.65 Å². The zero-order valence-electron chi connectivity index (χ0n) is 21.1. The van der Waals surface area contributed by atoms with Gasteiger partial charge in [0.1, 0.15) is 11.3 Å². The van der Waals surface area contributed by atoms with Crippen molar-refractivity contribution in [3.63, 3.8) is 0 Å². The second-order valence-electron chi connectivity index (χ2n) is 11.0. The lowest BCUT2D eigenvalue weighted by atomic mass is 9.76. The highest BCUT2D eigenvalue weighted by atomic mass is 35.5. The second-order valence-corrected chi connectivity index (χ2v) is 11.8. The molecule has 1 saturated carbocycles. The number of aliphatic carboxylic acids is 1. The van der Waals surface area contributed by atoms with E-state index in [1.807, 2.05) is 29.9 Å². The van der Waals surface area contributed by atoms with E-state index in [9.17, 15) is 9.90 Å². The molecule has 0 radical (unpaired) electrons. The minimum atomic E-state index is -0.639. The van der Waals surface area contributed by atoms with Crippen LogP contribution in [-0.2, 0) is 4.79 Å². The zero-order chi connectivity index (χ0) is 25.8. The molecule has 37 heavy (non-hydrogen) atoms. The Labute approximate surface area is 226 Å². The third-order valence-electron chi connectivity index (χ3n) is 8.71. The van der Waals surface area contributed by atoms with E-state index in [4.69, 9.17) is 38.3 Å². The van der Waals surface area contributed by atoms with Crippen molar-refractivity contribution >= 4 is 46.2 Å². The summed E-state index contributed by atoms with van der Waals surface area (Å²) >= 11 is 12.6. The Morgan fingerprint density at radius 3 is 2.68 bits per heavy atom. The van der Waals surface area contributed by atoms with Crippen LogP contribution in [0.15, 0.2) is 24.4 Å². The van der Waals surface area contributed by atoms with Gasteiger partial charge in [-0.15, -0.1) is 0 Å². The molecule has 0 amide bonds. The predicted octanol–water partition coefficient (Wildman–Crippen LogP) is 5.06. The van der Waals surface area contributed by atoms with Crippen LogP contribution < -0.4 is 4.90 Å². The summed E-state index contributed by atoms with van der Waals surface area (Å²) in [5.41, 5.74) is 3.35. The summed E-state index contributed by atoms with van der Waals surface area (Å²) in [5, 5.41) is 15.2. The van der Waals surface area contributed by atoms with E-state index < -0.39 is 5.97 Å². The molecule has 1 aliphatic carbocycles. The maximum absolute atomic E-state index is 11.2. The van der Waals surface area contributed by atoms with Gasteiger partial charge in [0.2, 0.25) is 0 Å². The van der Waals surface area contributed by atoms with E-state index in [0.717, 1.165) is 67.3 Å². The Kier molecular flexibility index (Phi) is 6.53. The van der Waals surface area contributed by atoms with E-state index in [-0.39, 0.29) is 12.0 Å². The average molecular weight is 543 g/mol. The first kappa shape index (κ1) is 24.9. The molecule has 0 spiro atoms. The molecule has 1 aromatic carbocycles. The summed E-state index contributed by atoms with van der Waals surface area (Å²) in [7, 11) is 0. The third kappa shape index (κ3) is 4.57. The van der Waals surface area contributed by atoms with Crippen LogP contribution in [0.25, 0.3) is 11.2 Å². The predicted molar refractivity (Wildman–Crippen MR) is 144 cm³/mol. The number of aryl methyl sites for hydroxylation is 1.